The standard InChI is InChI=1S/C15H22O3S/c1-9(2)13-8-12(14(19-13)15(16)17)18-11-6-4-10(3)5-7-11/h8-11H,4-7H2,1-3H3,(H,16,17). The number of hydrogen-bond acceptors (Lipinski definition) is 3. The van der Waals surface area contributed by atoms with Gasteiger partial charge in [0.25, 0.3) is 0 Å². The van der Waals surface area contributed by atoms with Crippen LogP contribution in [-0.2, 0) is 0 Å². The fraction of sp³-hybridized carbons (Fsp3) is 0.667. The van der Waals surface area contributed by atoms with Crippen LogP contribution in [-0.4, -0.2) is 17.2 Å². The van der Waals surface area contributed by atoms with Crippen molar-refractivity contribution in [1.82, 2.24) is 0 Å². The van der Waals surface area contributed by atoms with Crippen molar-refractivity contribution in [3.05, 3.63) is 15.8 Å². The van der Waals surface area contributed by atoms with Crippen molar-refractivity contribution < 1.29 is 14.6 Å². The normalized spacial score (nSPS) is 23.6. The maximum absolute atomic E-state index is 11.3. The van der Waals surface area contributed by atoms with Gasteiger partial charge in [0.05, 0.1) is 6.10 Å². The van der Waals surface area contributed by atoms with Gasteiger partial charge in [-0.3, -0.25) is 0 Å². The molecule has 0 aliphatic heterocycles. The van der Waals surface area contributed by atoms with E-state index in [0.29, 0.717) is 16.5 Å². The van der Waals surface area contributed by atoms with Crippen LogP contribution < -0.4 is 4.74 Å². The van der Waals surface area contributed by atoms with Crippen molar-refractivity contribution in [1.29, 1.82) is 0 Å². The lowest BCUT2D eigenvalue weighted by Gasteiger charge is -2.26. The predicted molar refractivity (Wildman–Crippen MR) is 77.4 cm³/mol. The zero-order valence-electron chi connectivity index (χ0n) is 11.8. The summed E-state index contributed by atoms with van der Waals surface area (Å²) in [5.41, 5.74) is 0. The third kappa shape index (κ3) is 3.50. The zero-order chi connectivity index (χ0) is 14.0. The Bertz CT molecular complexity index is 442. The third-order valence-electron chi connectivity index (χ3n) is 3.74. The molecule has 2 rings (SSSR count). The van der Waals surface area contributed by atoms with Crippen LogP contribution in [0.3, 0.4) is 0 Å². The van der Waals surface area contributed by atoms with E-state index >= 15 is 0 Å². The molecule has 0 atom stereocenters. The van der Waals surface area contributed by atoms with Crippen molar-refractivity contribution in [2.24, 2.45) is 5.92 Å². The molecule has 19 heavy (non-hydrogen) atoms. The Balaban J connectivity index is 2.12. The lowest BCUT2D eigenvalue weighted by Crippen LogP contribution is -2.23. The minimum absolute atomic E-state index is 0.184. The summed E-state index contributed by atoms with van der Waals surface area (Å²) in [4.78, 5) is 12.7. The largest absolute Gasteiger partial charge is 0.489 e. The predicted octanol–water partition coefficient (Wildman–Crippen LogP) is 4.53. The first-order valence-corrected chi connectivity index (χ1v) is 7.82. The number of ether oxygens (including phenoxy) is 1. The lowest BCUT2D eigenvalue weighted by molar-refractivity contribution is 0.0690. The fourth-order valence-corrected chi connectivity index (χ4v) is 3.37. The molecule has 0 radical (unpaired) electrons. The molecule has 1 fully saturated rings. The molecular weight excluding hydrogens is 260 g/mol. The number of carboxylic acids is 1. The molecular formula is C15H22O3S. The molecule has 0 saturated heterocycles. The van der Waals surface area contributed by atoms with E-state index in [2.05, 4.69) is 20.8 Å². The van der Waals surface area contributed by atoms with Gasteiger partial charge >= 0.3 is 5.97 Å². The van der Waals surface area contributed by atoms with Gasteiger partial charge in [-0.05, 0) is 43.6 Å². The van der Waals surface area contributed by atoms with Crippen LogP contribution >= 0.6 is 11.3 Å². The van der Waals surface area contributed by atoms with Crippen LogP contribution in [0.25, 0.3) is 0 Å². The Labute approximate surface area is 118 Å². The van der Waals surface area contributed by atoms with Gasteiger partial charge in [0, 0.05) is 4.88 Å². The molecule has 0 spiro atoms. The maximum Gasteiger partial charge on any atom is 0.349 e. The molecule has 3 nitrogen and oxygen atoms in total. The molecule has 1 aromatic heterocycles. The number of carboxylic acid groups (broad SMARTS) is 1. The summed E-state index contributed by atoms with van der Waals surface area (Å²) >= 11 is 1.34. The SMILES string of the molecule is CC1CCC(Oc2cc(C(C)C)sc2C(=O)O)CC1. The zero-order valence-corrected chi connectivity index (χ0v) is 12.6. The Morgan fingerprint density at radius 2 is 2.00 bits per heavy atom. The topological polar surface area (TPSA) is 46.5 Å². The average Bonchev–Trinajstić information content (AvgIpc) is 2.76. The highest BCUT2D eigenvalue weighted by atomic mass is 32.1. The number of thiophene rings is 1. The van der Waals surface area contributed by atoms with E-state index in [9.17, 15) is 9.90 Å². The molecule has 1 heterocycles. The number of rotatable bonds is 4. The molecule has 0 amide bonds. The van der Waals surface area contributed by atoms with E-state index in [1.54, 1.807) is 0 Å². The summed E-state index contributed by atoms with van der Waals surface area (Å²) < 4.78 is 5.96. The van der Waals surface area contributed by atoms with Gasteiger partial charge in [0.15, 0.2) is 4.88 Å². The Kier molecular flexibility index (Phi) is 4.50. The van der Waals surface area contributed by atoms with Crippen molar-refractivity contribution in [3.63, 3.8) is 0 Å². The first kappa shape index (κ1) is 14.4. The summed E-state index contributed by atoms with van der Waals surface area (Å²) in [6.45, 7) is 6.41. The van der Waals surface area contributed by atoms with Gasteiger partial charge in [-0.1, -0.05) is 20.8 Å². The minimum Gasteiger partial charge on any atom is -0.489 e. The third-order valence-corrected chi connectivity index (χ3v) is 5.14. The summed E-state index contributed by atoms with van der Waals surface area (Å²) in [7, 11) is 0. The van der Waals surface area contributed by atoms with Crippen LogP contribution in [0, 0.1) is 5.92 Å². The highest BCUT2D eigenvalue weighted by molar-refractivity contribution is 7.14. The number of aromatic carboxylic acids is 1. The molecule has 0 aromatic carbocycles. The summed E-state index contributed by atoms with van der Waals surface area (Å²) in [6, 6.07) is 1.91. The van der Waals surface area contributed by atoms with Crippen LogP contribution in [0.15, 0.2) is 6.07 Å². The Morgan fingerprint density at radius 1 is 1.37 bits per heavy atom. The second-order valence-corrected chi connectivity index (χ2v) is 6.89. The summed E-state index contributed by atoms with van der Waals surface area (Å²) in [5.74, 6) is 0.802. The first-order chi connectivity index (χ1) is 8.97. The van der Waals surface area contributed by atoms with Crippen molar-refractivity contribution in [2.75, 3.05) is 0 Å². The average molecular weight is 282 g/mol. The van der Waals surface area contributed by atoms with Gasteiger partial charge in [0.2, 0.25) is 0 Å². The van der Waals surface area contributed by atoms with Crippen LogP contribution in [0.4, 0.5) is 0 Å². The van der Waals surface area contributed by atoms with E-state index in [1.165, 1.54) is 24.2 Å². The van der Waals surface area contributed by atoms with Gasteiger partial charge in [-0.25, -0.2) is 4.79 Å². The van der Waals surface area contributed by atoms with E-state index in [-0.39, 0.29) is 6.10 Å². The monoisotopic (exact) mass is 282 g/mol. The van der Waals surface area contributed by atoms with Gasteiger partial charge in [-0.2, -0.15) is 0 Å². The van der Waals surface area contributed by atoms with Gasteiger partial charge in [-0.15, -0.1) is 11.3 Å². The quantitative estimate of drug-likeness (QED) is 0.882. The molecule has 1 saturated carbocycles. The van der Waals surface area contributed by atoms with E-state index in [0.717, 1.165) is 23.6 Å². The molecule has 1 aliphatic rings. The smallest absolute Gasteiger partial charge is 0.349 e. The fourth-order valence-electron chi connectivity index (χ4n) is 2.44. The second-order valence-electron chi connectivity index (χ2n) is 5.80. The number of hydrogen-bond donors (Lipinski definition) is 1. The molecule has 1 N–H and O–H groups in total. The van der Waals surface area contributed by atoms with Crippen LogP contribution in [0.1, 0.15) is 66.9 Å². The second kappa shape index (κ2) is 5.95. The van der Waals surface area contributed by atoms with E-state index in [4.69, 9.17) is 4.74 Å². The Morgan fingerprint density at radius 3 is 2.53 bits per heavy atom. The summed E-state index contributed by atoms with van der Waals surface area (Å²) in [5, 5.41) is 9.26. The number of carbonyl (C=O) groups is 1. The maximum atomic E-state index is 11.3. The van der Waals surface area contributed by atoms with Crippen molar-refractivity contribution in [2.45, 2.75) is 58.5 Å². The molecule has 4 heteroatoms. The molecule has 106 valence electrons. The molecule has 1 aliphatic carbocycles. The van der Waals surface area contributed by atoms with E-state index in [1.807, 2.05) is 6.07 Å². The highest BCUT2D eigenvalue weighted by Crippen LogP contribution is 2.36. The summed E-state index contributed by atoms with van der Waals surface area (Å²) in [6.07, 6.45) is 4.60. The lowest BCUT2D eigenvalue weighted by atomic mass is 9.89. The molecule has 1 aromatic rings. The van der Waals surface area contributed by atoms with Crippen LogP contribution in [0.2, 0.25) is 0 Å². The van der Waals surface area contributed by atoms with Gasteiger partial charge in [0.1, 0.15) is 5.75 Å². The van der Waals surface area contributed by atoms with Gasteiger partial charge < -0.3 is 9.84 Å². The van der Waals surface area contributed by atoms with E-state index < -0.39 is 5.97 Å². The molecule has 0 unspecified atom stereocenters. The highest BCUT2D eigenvalue weighted by Gasteiger charge is 2.24. The van der Waals surface area contributed by atoms with Crippen molar-refractivity contribution >= 4 is 17.3 Å². The first-order valence-electron chi connectivity index (χ1n) is 7.01. The minimum atomic E-state index is -0.879. The Hall–Kier alpha value is -1.03. The van der Waals surface area contributed by atoms with Crippen LogP contribution in [0.5, 0.6) is 5.75 Å². The molecule has 0 bridgehead atoms. The van der Waals surface area contributed by atoms with Crippen molar-refractivity contribution in [3.8, 4) is 5.75 Å².